The Hall–Kier alpha value is -1.62. The number of benzene rings is 1. The minimum absolute atomic E-state index is 0.0501. The van der Waals surface area contributed by atoms with Crippen LogP contribution in [0.15, 0.2) is 24.3 Å². The number of hydrogen-bond donors (Lipinski definition) is 2. The van der Waals surface area contributed by atoms with Crippen molar-refractivity contribution < 1.29 is 10.0 Å². The molecule has 5 heteroatoms. The standard InChI is InChI=1S/C12H16N2O3/c15-12(7-3-4-8-12)9-13-10-5-1-2-6-11(10)14(16)17/h1-2,5-6,13,15H,3-4,7-9H2. The lowest BCUT2D eigenvalue weighted by Crippen LogP contribution is -2.33. The largest absolute Gasteiger partial charge is 0.388 e. The van der Waals surface area contributed by atoms with E-state index < -0.39 is 10.5 Å². The van der Waals surface area contributed by atoms with E-state index in [1.165, 1.54) is 6.07 Å². The maximum atomic E-state index is 10.8. The maximum absolute atomic E-state index is 10.8. The third kappa shape index (κ3) is 2.74. The van der Waals surface area contributed by atoms with Crippen LogP contribution in [-0.4, -0.2) is 22.2 Å². The van der Waals surface area contributed by atoms with Crippen LogP contribution in [0.3, 0.4) is 0 Å². The molecule has 1 aromatic rings. The van der Waals surface area contributed by atoms with Crippen LogP contribution < -0.4 is 5.32 Å². The summed E-state index contributed by atoms with van der Waals surface area (Å²) in [6, 6.07) is 6.50. The highest BCUT2D eigenvalue weighted by Gasteiger charge is 2.31. The van der Waals surface area contributed by atoms with Gasteiger partial charge in [-0.1, -0.05) is 25.0 Å². The molecule has 1 aromatic carbocycles. The van der Waals surface area contributed by atoms with Crippen molar-refractivity contribution in [2.75, 3.05) is 11.9 Å². The number of anilines is 1. The van der Waals surface area contributed by atoms with Crippen LogP contribution in [0.25, 0.3) is 0 Å². The molecule has 1 aliphatic carbocycles. The molecule has 0 heterocycles. The van der Waals surface area contributed by atoms with Gasteiger partial charge in [0.1, 0.15) is 5.69 Å². The van der Waals surface area contributed by atoms with Crippen LogP contribution >= 0.6 is 0 Å². The first-order valence-electron chi connectivity index (χ1n) is 5.80. The zero-order chi connectivity index (χ0) is 12.3. The van der Waals surface area contributed by atoms with Crippen molar-refractivity contribution in [1.29, 1.82) is 0 Å². The molecule has 2 N–H and O–H groups in total. The van der Waals surface area contributed by atoms with Gasteiger partial charge < -0.3 is 10.4 Å². The highest BCUT2D eigenvalue weighted by Crippen LogP contribution is 2.31. The van der Waals surface area contributed by atoms with Gasteiger partial charge in [-0.25, -0.2) is 0 Å². The number of nitro benzene ring substituents is 1. The molecule has 0 spiro atoms. The van der Waals surface area contributed by atoms with E-state index in [0.29, 0.717) is 12.2 Å². The second-order valence-corrected chi connectivity index (χ2v) is 4.56. The van der Waals surface area contributed by atoms with Crippen molar-refractivity contribution in [3.8, 4) is 0 Å². The average molecular weight is 236 g/mol. The molecule has 0 aromatic heterocycles. The van der Waals surface area contributed by atoms with E-state index in [9.17, 15) is 15.2 Å². The Kier molecular flexibility index (Phi) is 3.28. The van der Waals surface area contributed by atoms with Crippen molar-refractivity contribution in [2.24, 2.45) is 0 Å². The number of nitrogens with zero attached hydrogens (tertiary/aromatic N) is 1. The predicted molar refractivity (Wildman–Crippen MR) is 65.0 cm³/mol. The number of aliphatic hydroxyl groups is 1. The van der Waals surface area contributed by atoms with Gasteiger partial charge in [-0.2, -0.15) is 0 Å². The van der Waals surface area contributed by atoms with Crippen molar-refractivity contribution in [3.63, 3.8) is 0 Å². The molecule has 0 amide bonds. The van der Waals surface area contributed by atoms with E-state index in [0.717, 1.165) is 25.7 Å². The quantitative estimate of drug-likeness (QED) is 0.621. The lowest BCUT2D eigenvalue weighted by Gasteiger charge is -2.22. The molecule has 1 saturated carbocycles. The fourth-order valence-corrected chi connectivity index (χ4v) is 2.25. The van der Waals surface area contributed by atoms with Crippen LogP contribution in [-0.2, 0) is 0 Å². The Morgan fingerprint density at radius 1 is 1.35 bits per heavy atom. The molecule has 2 rings (SSSR count). The Bertz CT molecular complexity index is 414. The minimum Gasteiger partial charge on any atom is -0.388 e. The summed E-state index contributed by atoms with van der Waals surface area (Å²) in [4.78, 5) is 10.4. The van der Waals surface area contributed by atoms with E-state index >= 15 is 0 Å². The number of nitro groups is 1. The molecule has 1 aliphatic rings. The summed E-state index contributed by atoms with van der Waals surface area (Å²) < 4.78 is 0. The number of nitrogens with one attached hydrogen (secondary N) is 1. The van der Waals surface area contributed by atoms with Crippen molar-refractivity contribution in [3.05, 3.63) is 34.4 Å². The fraction of sp³-hybridized carbons (Fsp3) is 0.500. The molecule has 1 fully saturated rings. The first-order valence-corrected chi connectivity index (χ1v) is 5.80. The highest BCUT2D eigenvalue weighted by molar-refractivity contribution is 5.61. The van der Waals surface area contributed by atoms with Crippen LogP contribution in [0.4, 0.5) is 11.4 Å². The molecule has 0 aliphatic heterocycles. The van der Waals surface area contributed by atoms with Crippen LogP contribution in [0.1, 0.15) is 25.7 Å². The molecular weight excluding hydrogens is 220 g/mol. The lowest BCUT2D eigenvalue weighted by molar-refractivity contribution is -0.384. The van der Waals surface area contributed by atoms with Crippen molar-refractivity contribution >= 4 is 11.4 Å². The summed E-state index contributed by atoms with van der Waals surface area (Å²) in [6.07, 6.45) is 3.57. The second-order valence-electron chi connectivity index (χ2n) is 4.56. The van der Waals surface area contributed by atoms with E-state index in [-0.39, 0.29) is 5.69 Å². The summed E-state index contributed by atoms with van der Waals surface area (Å²) in [5.41, 5.74) is -0.184. The zero-order valence-corrected chi connectivity index (χ0v) is 9.56. The van der Waals surface area contributed by atoms with Gasteiger partial charge in [0.25, 0.3) is 5.69 Å². The first-order chi connectivity index (χ1) is 8.11. The van der Waals surface area contributed by atoms with Crippen LogP contribution in [0.5, 0.6) is 0 Å². The van der Waals surface area contributed by atoms with Gasteiger partial charge in [0.15, 0.2) is 0 Å². The molecule has 5 nitrogen and oxygen atoms in total. The molecule has 92 valence electrons. The Morgan fingerprint density at radius 3 is 2.65 bits per heavy atom. The molecule has 17 heavy (non-hydrogen) atoms. The van der Waals surface area contributed by atoms with Crippen LogP contribution in [0.2, 0.25) is 0 Å². The summed E-state index contributed by atoms with van der Waals surface area (Å²) in [7, 11) is 0. The molecule has 0 saturated heterocycles. The van der Waals surface area contributed by atoms with Gasteiger partial charge in [-0.05, 0) is 18.9 Å². The third-order valence-corrected chi connectivity index (χ3v) is 3.24. The highest BCUT2D eigenvalue weighted by atomic mass is 16.6. The first kappa shape index (κ1) is 11.9. The van der Waals surface area contributed by atoms with Gasteiger partial charge in [0, 0.05) is 12.6 Å². The van der Waals surface area contributed by atoms with E-state index in [2.05, 4.69) is 5.32 Å². The number of hydrogen-bond acceptors (Lipinski definition) is 4. The molecular formula is C12H16N2O3. The molecule has 0 radical (unpaired) electrons. The fourth-order valence-electron chi connectivity index (χ4n) is 2.25. The number of rotatable bonds is 4. The van der Waals surface area contributed by atoms with E-state index in [1.54, 1.807) is 18.2 Å². The maximum Gasteiger partial charge on any atom is 0.292 e. The van der Waals surface area contributed by atoms with Crippen molar-refractivity contribution in [2.45, 2.75) is 31.3 Å². The predicted octanol–water partition coefficient (Wildman–Crippen LogP) is 2.31. The molecule has 0 unspecified atom stereocenters. The van der Waals surface area contributed by atoms with Gasteiger partial charge in [-0.3, -0.25) is 10.1 Å². The van der Waals surface area contributed by atoms with Gasteiger partial charge in [0.05, 0.1) is 10.5 Å². The summed E-state index contributed by atoms with van der Waals surface area (Å²) in [6.45, 7) is 0.373. The monoisotopic (exact) mass is 236 g/mol. The van der Waals surface area contributed by atoms with E-state index in [1.807, 2.05) is 0 Å². The SMILES string of the molecule is O=[N+]([O-])c1ccccc1NCC1(O)CCCC1. The topological polar surface area (TPSA) is 75.4 Å². The Balaban J connectivity index is 2.06. The lowest BCUT2D eigenvalue weighted by atomic mass is 10.0. The number of para-hydroxylation sites is 2. The zero-order valence-electron chi connectivity index (χ0n) is 9.56. The Labute approximate surface area is 99.6 Å². The summed E-state index contributed by atoms with van der Waals surface area (Å²) in [5, 5.41) is 23.9. The molecule has 0 bridgehead atoms. The normalized spacial score (nSPS) is 17.9. The summed E-state index contributed by atoms with van der Waals surface area (Å²) >= 11 is 0. The van der Waals surface area contributed by atoms with Gasteiger partial charge >= 0.3 is 0 Å². The van der Waals surface area contributed by atoms with Crippen LogP contribution in [0, 0.1) is 10.1 Å². The third-order valence-electron chi connectivity index (χ3n) is 3.24. The Morgan fingerprint density at radius 2 is 2.00 bits per heavy atom. The van der Waals surface area contributed by atoms with E-state index in [4.69, 9.17) is 0 Å². The van der Waals surface area contributed by atoms with Crippen molar-refractivity contribution in [1.82, 2.24) is 0 Å². The molecule has 0 atom stereocenters. The average Bonchev–Trinajstić information content (AvgIpc) is 2.74. The smallest absolute Gasteiger partial charge is 0.292 e. The summed E-state index contributed by atoms with van der Waals surface area (Å²) in [5.74, 6) is 0. The van der Waals surface area contributed by atoms with Gasteiger partial charge in [-0.15, -0.1) is 0 Å². The second kappa shape index (κ2) is 4.71. The van der Waals surface area contributed by atoms with Gasteiger partial charge in [0.2, 0.25) is 0 Å². The minimum atomic E-state index is -0.705.